The number of rotatable bonds is 4. The lowest BCUT2D eigenvalue weighted by Gasteiger charge is -2.35. The third-order valence-electron chi connectivity index (χ3n) is 5.84. The fourth-order valence-electron chi connectivity index (χ4n) is 3.95. The second-order valence-corrected chi connectivity index (χ2v) is 7.93. The average molecular weight is 405 g/mol. The van der Waals surface area contributed by atoms with Crippen LogP contribution in [-0.2, 0) is 17.9 Å². The number of fused-ring (bicyclic) bond motifs is 1. The van der Waals surface area contributed by atoms with Gasteiger partial charge in [0.25, 0.3) is 0 Å². The van der Waals surface area contributed by atoms with E-state index in [0.717, 1.165) is 41.6 Å². The van der Waals surface area contributed by atoms with Gasteiger partial charge < -0.3 is 20.1 Å². The zero-order valence-electron chi connectivity index (χ0n) is 16.9. The normalized spacial score (nSPS) is 17.9. The topological polar surface area (TPSA) is 62.2 Å². The van der Waals surface area contributed by atoms with Crippen molar-refractivity contribution in [3.05, 3.63) is 65.7 Å². The van der Waals surface area contributed by atoms with Gasteiger partial charge in [0.1, 0.15) is 23.2 Å². The molecule has 1 amide bonds. The number of halogens is 1. The van der Waals surface area contributed by atoms with Crippen molar-refractivity contribution in [1.82, 2.24) is 19.8 Å². The molecular formula is C23H24FN5O. The summed E-state index contributed by atoms with van der Waals surface area (Å²) in [6, 6.07) is 14.5. The van der Waals surface area contributed by atoms with Crippen LogP contribution in [0.15, 0.2) is 48.5 Å². The van der Waals surface area contributed by atoms with Gasteiger partial charge in [0.05, 0.1) is 12.6 Å². The lowest BCUT2D eigenvalue weighted by Crippen LogP contribution is -2.55. The van der Waals surface area contributed by atoms with E-state index in [4.69, 9.17) is 4.98 Å². The van der Waals surface area contributed by atoms with E-state index in [2.05, 4.69) is 34.3 Å². The molecule has 5 rings (SSSR count). The van der Waals surface area contributed by atoms with Crippen LogP contribution in [-0.4, -0.2) is 39.5 Å². The maximum atomic E-state index is 13.5. The number of hydrogen-bond donors (Lipinski definition) is 2. The Morgan fingerprint density at radius 1 is 1.13 bits per heavy atom. The van der Waals surface area contributed by atoms with Crippen molar-refractivity contribution in [2.75, 3.05) is 18.4 Å². The monoisotopic (exact) mass is 405 g/mol. The van der Waals surface area contributed by atoms with Crippen molar-refractivity contribution < 1.29 is 9.18 Å². The van der Waals surface area contributed by atoms with Gasteiger partial charge in [-0.05, 0) is 56.3 Å². The van der Waals surface area contributed by atoms with Crippen LogP contribution < -0.4 is 10.6 Å². The number of nitrogens with one attached hydrogen (secondary N) is 2. The van der Waals surface area contributed by atoms with Crippen LogP contribution in [0.5, 0.6) is 0 Å². The fraction of sp³-hybridized carbons (Fsp3) is 0.304. The molecule has 2 N–H and O–H groups in total. The lowest BCUT2D eigenvalue weighted by molar-refractivity contribution is -0.136. The van der Waals surface area contributed by atoms with E-state index in [0.29, 0.717) is 19.6 Å². The van der Waals surface area contributed by atoms with Crippen molar-refractivity contribution in [3.8, 4) is 11.3 Å². The quantitative estimate of drug-likeness (QED) is 0.698. The van der Waals surface area contributed by atoms with Gasteiger partial charge in [-0.15, -0.1) is 0 Å². The zero-order chi connectivity index (χ0) is 20.7. The second-order valence-electron chi connectivity index (χ2n) is 7.93. The Bertz CT molecular complexity index is 1070. The van der Waals surface area contributed by atoms with Crippen LogP contribution in [0.1, 0.15) is 17.8 Å². The third kappa shape index (κ3) is 3.45. The number of amides is 1. The molecule has 0 bridgehead atoms. The first-order chi connectivity index (χ1) is 14.6. The summed E-state index contributed by atoms with van der Waals surface area (Å²) < 4.78 is 15.6. The highest BCUT2D eigenvalue weighted by atomic mass is 19.1. The van der Waals surface area contributed by atoms with Crippen LogP contribution in [0.4, 0.5) is 15.9 Å². The minimum absolute atomic E-state index is 0.0618. The van der Waals surface area contributed by atoms with Crippen LogP contribution in [0.2, 0.25) is 0 Å². The van der Waals surface area contributed by atoms with Gasteiger partial charge in [-0.3, -0.25) is 4.79 Å². The SMILES string of the molecule is Cc1ccc(Nc2c(-c3ccc(F)cc3)nc3n2CCN(C(=O)[C@H]2CCN2)C3)cc1. The number of imidazole rings is 1. The number of aromatic nitrogens is 2. The molecule has 1 atom stereocenters. The molecule has 1 fully saturated rings. The maximum Gasteiger partial charge on any atom is 0.240 e. The molecule has 0 spiro atoms. The molecule has 2 aliphatic rings. The van der Waals surface area contributed by atoms with Crippen molar-refractivity contribution in [3.63, 3.8) is 0 Å². The molecule has 2 aliphatic heterocycles. The Morgan fingerprint density at radius 3 is 2.53 bits per heavy atom. The van der Waals surface area contributed by atoms with Gasteiger partial charge >= 0.3 is 0 Å². The molecule has 1 saturated heterocycles. The number of carbonyl (C=O) groups is 1. The van der Waals surface area contributed by atoms with Crippen molar-refractivity contribution in [1.29, 1.82) is 0 Å². The molecule has 0 radical (unpaired) electrons. The molecule has 3 aromatic rings. The number of aryl methyl sites for hydroxylation is 1. The van der Waals surface area contributed by atoms with Gasteiger partial charge in [0.15, 0.2) is 0 Å². The number of anilines is 2. The Balaban J connectivity index is 1.51. The molecule has 1 aromatic heterocycles. The Morgan fingerprint density at radius 2 is 1.87 bits per heavy atom. The summed E-state index contributed by atoms with van der Waals surface area (Å²) in [4.78, 5) is 19.4. The van der Waals surface area contributed by atoms with Crippen LogP contribution in [0, 0.1) is 12.7 Å². The Kier molecular flexibility index (Phi) is 4.75. The summed E-state index contributed by atoms with van der Waals surface area (Å²) in [7, 11) is 0. The maximum absolute atomic E-state index is 13.5. The molecule has 6 nitrogen and oxygen atoms in total. The molecular weight excluding hydrogens is 381 g/mol. The fourth-order valence-corrected chi connectivity index (χ4v) is 3.95. The first-order valence-corrected chi connectivity index (χ1v) is 10.3. The molecule has 0 saturated carbocycles. The molecule has 0 unspecified atom stereocenters. The molecule has 0 aliphatic carbocycles. The predicted octanol–water partition coefficient (Wildman–Crippen LogP) is 3.45. The summed E-state index contributed by atoms with van der Waals surface area (Å²) in [5, 5.41) is 6.69. The lowest BCUT2D eigenvalue weighted by atomic mass is 10.1. The molecule has 2 aromatic carbocycles. The number of nitrogens with zero attached hydrogens (tertiary/aromatic N) is 3. The van der Waals surface area contributed by atoms with Crippen molar-refractivity contribution in [2.45, 2.75) is 32.5 Å². The second kappa shape index (κ2) is 7.57. The highest BCUT2D eigenvalue weighted by molar-refractivity contribution is 5.83. The smallest absolute Gasteiger partial charge is 0.240 e. The highest BCUT2D eigenvalue weighted by Crippen LogP contribution is 2.33. The Labute approximate surface area is 174 Å². The van der Waals surface area contributed by atoms with Gasteiger partial charge in [0, 0.05) is 24.3 Å². The van der Waals surface area contributed by atoms with Gasteiger partial charge in [-0.25, -0.2) is 9.37 Å². The van der Waals surface area contributed by atoms with Crippen LogP contribution in [0.25, 0.3) is 11.3 Å². The summed E-state index contributed by atoms with van der Waals surface area (Å²) in [5.41, 5.74) is 3.75. The van der Waals surface area contributed by atoms with E-state index in [1.54, 1.807) is 12.1 Å². The molecule has 154 valence electrons. The largest absolute Gasteiger partial charge is 0.340 e. The first-order valence-electron chi connectivity index (χ1n) is 10.3. The van der Waals surface area contributed by atoms with E-state index in [1.807, 2.05) is 17.0 Å². The minimum atomic E-state index is -0.277. The number of hydrogen-bond acceptors (Lipinski definition) is 4. The van der Waals surface area contributed by atoms with Crippen LogP contribution in [0.3, 0.4) is 0 Å². The Hall–Kier alpha value is -3.19. The molecule has 7 heteroatoms. The minimum Gasteiger partial charge on any atom is -0.340 e. The molecule has 3 heterocycles. The van der Waals surface area contributed by atoms with Crippen LogP contribution >= 0.6 is 0 Å². The average Bonchev–Trinajstić information content (AvgIpc) is 3.06. The highest BCUT2D eigenvalue weighted by Gasteiger charge is 2.32. The predicted molar refractivity (Wildman–Crippen MR) is 114 cm³/mol. The number of benzene rings is 2. The van der Waals surface area contributed by atoms with E-state index in [1.165, 1.54) is 17.7 Å². The molecule has 30 heavy (non-hydrogen) atoms. The van der Waals surface area contributed by atoms with E-state index >= 15 is 0 Å². The zero-order valence-corrected chi connectivity index (χ0v) is 16.9. The van der Waals surface area contributed by atoms with Gasteiger partial charge in [0.2, 0.25) is 5.91 Å². The summed E-state index contributed by atoms with van der Waals surface area (Å²) in [5.74, 6) is 1.57. The standard InChI is InChI=1S/C23H24FN5O/c1-15-2-8-18(9-3-15)26-22-21(16-4-6-17(24)7-5-16)27-20-14-28(12-13-29(20)22)23(30)19-10-11-25-19/h2-9,19,25-26H,10-14H2,1H3/t19-/m1/s1. The summed E-state index contributed by atoms with van der Waals surface area (Å²) >= 11 is 0. The first kappa shape index (κ1) is 18.8. The third-order valence-corrected chi connectivity index (χ3v) is 5.84. The van der Waals surface area contributed by atoms with Crippen molar-refractivity contribution in [2.24, 2.45) is 0 Å². The van der Waals surface area contributed by atoms with E-state index < -0.39 is 0 Å². The summed E-state index contributed by atoms with van der Waals surface area (Å²) in [6.07, 6.45) is 0.894. The van der Waals surface area contributed by atoms with Crippen molar-refractivity contribution >= 4 is 17.4 Å². The van der Waals surface area contributed by atoms with E-state index in [-0.39, 0.29) is 17.8 Å². The van der Waals surface area contributed by atoms with Gasteiger partial charge in [-0.2, -0.15) is 0 Å². The van der Waals surface area contributed by atoms with Gasteiger partial charge in [-0.1, -0.05) is 17.7 Å². The number of carbonyl (C=O) groups excluding carboxylic acids is 1. The van der Waals surface area contributed by atoms with E-state index in [9.17, 15) is 9.18 Å². The summed E-state index contributed by atoms with van der Waals surface area (Å²) in [6.45, 7) is 4.73.